The van der Waals surface area contributed by atoms with Crippen LogP contribution in [0.2, 0.25) is 0 Å². The van der Waals surface area contributed by atoms with Crippen molar-refractivity contribution in [1.82, 2.24) is 4.57 Å². The van der Waals surface area contributed by atoms with E-state index >= 15 is 0 Å². The highest BCUT2D eigenvalue weighted by Crippen LogP contribution is 2.36. The Kier molecular flexibility index (Phi) is 4.77. The third kappa shape index (κ3) is 3.50. The lowest BCUT2D eigenvalue weighted by Gasteiger charge is -2.27. The molecule has 0 saturated carbocycles. The van der Waals surface area contributed by atoms with Crippen LogP contribution in [0, 0.1) is 0 Å². The summed E-state index contributed by atoms with van der Waals surface area (Å²) in [7, 11) is 2.19. The summed E-state index contributed by atoms with van der Waals surface area (Å²) in [5.41, 5.74) is 6.82. The van der Waals surface area contributed by atoms with Crippen molar-refractivity contribution in [1.29, 1.82) is 0 Å². The van der Waals surface area contributed by atoms with Crippen LogP contribution in [-0.2, 0) is 23.3 Å². The minimum Gasteiger partial charge on any atom is -0.229 e. The molecular weight excluding hydrogens is 340 g/mol. The van der Waals surface area contributed by atoms with E-state index in [9.17, 15) is 0 Å². The SMILES string of the molecule is C[n+]1c(C(C)(C)C)n(-c2ccc(C(C)(C)C)cc2C(C)(C)C)c2ccccc21. The van der Waals surface area contributed by atoms with Gasteiger partial charge >= 0.3 is 0 Å². The molecule has 0 aliphatic heterocycles. The quantitative estimate of drug-likeness (QED) is 0.437. The van der Waals surface area contributed by atoms with E-state index in [0.29, 0.717) is 0 Å². The molecule has 0 N–H and O–H groups in total. The first kappa shape index (κ1) is 20.6. The molecule has 0 aliphatic carbocycles. The average Bonchev–Trinajstić information content (AvgIpc) is 2.86. The number of hydrogen-bond donors (Lipinski definition) is 0. The van der Waals surface area contributed by atoms with Gasteiger partial charge in [0, 0.05) is 5.56 Å². The zero-order valence-corrected chi connectivity index (χ0v) is 19.4. The van der Waals surface area contributed by atoms with Crippen molar-refractivity contribution in [2.45, 2.75) is 78.6 Å². The molecule has 0 unspecified atom stereocenters. The van der Waals surface area contributed by atoms with Crippen molar-refractivity contribution in [3.05, 3.63) is 59.4 Å². The Balaban J connectivity index is 2.47. The van der Waals surface area contributed by atoms with E-state index in [0.717, 1.165) is 0 Å². The summed E-state index contributed by atoms with van der Waals surface area (Å²) in [5, 5.41) is 0. The van der Waals surface area contributed by atoms with Gasteiger partial charge in [0.1, 0.15) is 5.69 Å². The van der Waals surface area contributed by atoms with E-state index < -0.39 is 0 Å². The molecule has 1 heterocycles. The number of aryl methyl sites for hydroxylation is 1. The van der Waals surface area contributed by atoms with E-state index in [1.54, 1.807) is 0 Å². The van der Waals surface area contributed by atoms with Gasteiger partial charge in [-0.25, -0.2) is 4.57 Å². The zero-order chi connectivity index (χ0) is 21.1. The Bertz CT molecular complexity index is 1020. The van der Waals surface area contributed by atoms with E-state index in [-0.39, 0.29) is 16.2 Å². The Hall–Kier alpha value is -2.09. The number of benzene rings is 2. The van der Waals surface area contributed by atoms with Gasteiger partial charge < -0.3 is 0 Å². The monoisotopic (exact) mass is 377 g/mol. The van der Waals surface area contributed by atoms with Crippen LogP contribution in [0.5, 0.6) is 0 Å². The molecule has 0 atom stereocenters. The van der Waals surface area contributed by atoms with Gasteiger partial charge in [0.25, 0.3) is 5.82 Å². The van der Waals surface area contributed by atoms with Crippen molar-refractivity contribution in [2.75, 3.05) is 0 Å². The normalized spacial score (nSPS) is 13.4. The van der Waals surface area contributed by atoms with Gasteiger partial charge in [0.2, 0.25) is 0 Å². The molecule has 2 heteroatoms. The first-order valence-corrected chi connectivity index (χ1v) is 10.4. The molecule has 3 aromatic rings. The molecule has 2 nitrogen and oxygen atoms in total. The van der Waals surface area contributed by atoms with Gasteiger partial charge in [-0.15, -0.1) is 0 Å². The number of aromatic nitrogens is 2. The lowest BCUT2D eigenvalue weighted by atomic mass is 9.79. The Morgan fingerprint density at radius 2 is 1.32 bits per heavy atom. The maximum absolute atomic E-state index is 2.49. The zero-order valence-electron chi connectivity index (χ0n) is 19.4. The summed E-state index contributed by atoms with van der Waals surface area (Å²) in [5.74, 6) is 1.32. The molecule has 150 valence electrons. The summed E-state index contributed by atoms with van der Waals surface area (Å²) < 4.78 is 4.85. The standard InChI is InChI=1S/C26H37N2/c1-24(2,3)18-15-16-20(19(17-18)25(4,5)6)28-22-14-12-11-13-21(22)27(10)23(28)26(7,8)9/h11-17H,1-10H3/q+1. The van der Waals surface area contributed by atoms with E-state index in [2.05, 4.69) is 121 Å². The third-order valence-corrected chi connectivity index (χ3v) is 5.60. The second-order valence-corrected chi connectivity index (χ2v) is 11.2. The molecule has 0 bridgehead atoms. The smallest absolute Gasteiger partial charge is 0.229 e. The number of hydrogen-bond acceptors (Lipinski definition) is 0. The average molecular weight is 378 g/mol. The van der Waals surface area contributed by atoms with Crippen LogP contribution in [0.3, 0.4) is 0 Å². The van der Waals surface area contributed by atoms with Crippen molar-refractivity contribution < 1.29 is 4.57 Å². The van der Waals surface area contributed by atoms with E-state index in [4.69, 9.17) is 0 Å². The predicted octanol–water partition coefficient (Wildman–Crippen LogP) is 6.35. The van der Waals surface area contributed by atoms with Crippen LogP contribution in [0.15, 0.2) is 42.5 Å². The van der Waals surface area contributed by atoms with Crippen molar-refractivity contribution in [2.24, 2.45) is 7.05 Å². The van der Waals surface area contributed by atoms with Gasteiger partial charge in [-0.2, -0.15) is 4.57 Å². The van der Waals surface area contributed by atoms with Gasteiger partial charge in [-0.05, 0) is 55.4 Å². The molecule has 3 rings (SSSR count). The van der Waals surface area contributed by atoms with Gasteiger partial charge in [0.05, 0.1) is 12.5 Å². The minimum atomic E-state index is 0.0195. The molecule has 0 spiro atoms. The maximum Gasteiger partial charge on any atom is 0.267 e. The molecule has 2 aromatic carbocycles. The fourth-order valence-electron chi connectivity index (χ4n) is 4.20. The first-order valence-electron chi connectivity index (χ1n) is 10.4. The van der Waals surface area contributed by atoms with Gasteiger partial charge in [0.15, 0.2) is 11.0 Å². The first-order chi connectivity index (χ1) is 12.7. The van der Waals surface area contributed by atoms with Gasteiger partial charge in [-0.1, -0.05) is 65.8 Å². The second kappa shape index (κ2) is 6.47. The molecule has 1 aromatic heterocycles. The summed E-state index contributed by atoms with van der Waals surface area (Å²) >= 11 is 0. The minimum absolute atomic E-state index is 0.0195. The Labute approximate surface area is 171 Å². The number of nitrogens with zero attached hydrogens (tertiary/aromatic N) is 2. The molecule has 0 fully saturated rings. The van der Waals surface area contributed by atoms with Gasteiger partial charge in [-0.3, -0.25) is 0 Å². The van der Waals surface area contributed by atoms with Crippen LogP contribution in [0.1, 0.15) is 79.3 Å². The number of rotatable bonds is 1. The Morgan fingerprint density at radius 3 is 1.86 bits per heavy atom. The summed E-state index contributed by atoms with van der Waals surface area (Å²) in [6.07, 6.45) is 0. The predicted molar refractivity (Wildman–Crippen MR) is 121 cm³/mol. The molecular formula is C26H37N2+. The second-order valence-electron chi connectivity index (χ2n) is 11.2. The lowest BCUT2D eigenvalue weighted by Crippen LogP contribution is -2.40. The van der Waals surface area contributed by atoms with E-state index in [1.165, 1.54) is 33.7 Å². The van der Waals surface area contributed by atoms with Crippen LogP contribution >= 0.6 is 0 Å². The van der Waals surface area contributed by atoms with Crippen LogP contribution in [0.25, 0.3) is 16.7 Å². The molecule has 0 aliphatic rings. The fourth-order valence-corrected chi connectivity index (χ4v) is 4.20. The highest BCUT2D eigenvalue weighted by atomic mass is 15.2. The molecule has 0 radical (unpaired) electrons. The number of imidazole rings is 1. The molecule has 0 saturated heterocycles. The number of para-hydroxylation sites is 2. The Morgan fingerprint density at radius 1 is 0.714 bits per heavy atom. The summed E-state index contributed by atoms with van der Waals surface area (Å²) in [6.45, 7) is 20.7. The molecule has 0 amide bonds. The molecule has 28 heavy (non-hydrogen) atoms. The van der Waals surface area contributed by atoms with Crippen molar-refractivity contribution in [3.63, 3.8) is 0 Å². The van der Waals surface area contributed by atoms with Crippen LogP contribution in [0.4, 0.5) is 0 Å². The third-order valence-electron chi connectivity index (χ3n) is 5.60. The highest BCUT2D eigenvalue weighted by molar-refractivity contribution is 5.75. The fraction of sp³-hybridized carbons (Fsp3) is 0.500. The van der Waals surface area contributed by atoms with Crippen LogP contribution in [-0.4, -0.2) is 4.57 Å². The van der Waals surface area contributed by atoms with Crippen LogP contribution < -0.4 is 4.57 Å². The van der Waals surface area contributed by atoms with E-state index in [1.807, 2.05) is 0 Å². The van der Waals surface area contributed by atoms with Crippen molar-refractivity contribution >= 4 is 11.0 Å². The van der Waals surface area contributed by atoms with Crippen molar-refractivity contribution in [3.8, 4) is 5.69 Å². The maximum atomic E-state index is 2.49. The summed E-state index contributed by atoms with van der Waals surface area (Å²) in [6, 6.07) is 15.8. The largest absolute Gasteiger partial charge is 0.267 e. The highest BCUT2D eigenvalue weighted by Gasteiger charge is 2.36. The lowest BCUT2D eigenvalue weighted by molar-refractivity contribution is -0.657. The topological polar surface area (TPSA) is 8.81 Å². The number of fused-ring (bicyclic) bond motifs is 1. The summed E-state index contributed by atoms with van der Waals surface area (Å²) in [4.78, 5) is 0.